The third kappa shape index (κ3) is 4.15. The number of nitrogens with one attached hydrogen (secondary N) is 1. The third-order valence-corrected chi connectivity index (χ3v) is 6.08. The lowest BCUT2D eigenvalue weighted by atomic mass is 9.81. The van der Waals surface area contributed by atoms with E-state index < -0.39 is 47.1 Å². The molecule has 0 bridgehead atoms. The number of carbonyl (C=O) groups excluding carboxylic acids is 2. The van der Waals surface area contributed by atoms with Crippen molar-refractivity contribution in [2.24, 2.45) is 12.8 Å². The molecule has 3 heterocycles. The van der Waals surface area contributed by atoms with Crippen LogP contribution in [-0.2, 0) is 22.9 Å². The molecule has 13 heteroatoms. The van der Waals surface area contributed by atoms with Crippen molar-refractivity contribution >= 4 is 11.8 Å². The van der Waals surface area contributed by atoms with Gasteiger partial charge >= 0.3 is 6.18 Å². The molecular weight excluding hydrogens is 486 g/mol. The van der Waals surface area contributed by atoms with E-state index in [9.17, 15) is 32.3 Å². The molecule has 36 heavy (non-hydrogen) atoms. The minimum Gasteiger partial charge on any atom is -0.489 e. The lowest BCUT2D eigenvalue weighted by molar-refractivity contribution is -0.265. The molecule has 1 aromatic carbocycles. The molecule has 2 aromatic heterocycles. The van der Waals surface area contributed by atoms with Gasteiger partial charge in [-0.2, -0.15) is 18.3 Å². The summed E-state index contributed by atoms with van der Waals surface area (Å²) in [4.78, 5) is 28.6. The number of ether oxygens (including phenoxy) is 1. The number of aryl methyl sites for hydroxylation is 1. The Kier molecular flexibility index (Phi) is 5.99. The van der Waals surface area contributed by atoms with E-state index in [0.29, 0.717) is 0 Å². The number of hydrogen-bond donors (Lipinski definition) is 3. The van der Waals surface area contributed by atoms with Crippen LogP contribution in [-0.4, -0.2) is 51.0 Å². The van der Waals surface area contributed by atoms with Gasteiger partial charge in [0.05, 0.1) is 12.2 Å². The molecule has 0 unspecified atom stereocenters. The fraction of sp³-hybridized carbons (Fsp3) is 0.304. The molecular formula is C23H21F4N5O4. The fourth-order valence-corrected chi connectivity index (χ4v) is 3.77. The van der Waals surface area contributed by atoms with Crippen LogP contribution in [0, 0.1) is 5.82 Å². The number of amides is 2. The number of pyridine rings is 1. The van der Waals surface area contributed by atoms with E-state index >= 15 is 0 Å². The number of rotatable bonds is 6. The van der Waals surface area contributed by atoms with Crippen LogP contribution >= 0.6 is 0 Å². The predicted molar refractivity (Wildman–Crippen MR) is 117 cm³/mol. The number of benzene rings is 1. The largest absolute Gasteiger partial charge is 0.489 e. The first kappa shape index (κ1) is 25.1. The van der Waals surface area contributed by atoms with Crippen molar-refractivity contribution in [1.82, 2.24) is 20.1 Å². The maximum atomic E-state index is 14.3. The van der Waals surface area contributed by atoms with Crippen LogP contribution in [0.25, 0.3) is 11.3 Å². The van der Waals surface area contributed by atoms with Crippen molar-refractivity contribution in [3.05, 3.63) is 65.4 Å². The van der Waals surface area contributed by atoms with Gasteiger partial charge in [-0.3, -0.25) is 14.3 Å². The molecule has 2 amide bonds. The first-order valence-electron chi connectivity index (χ1n) is 10.6. The van der Waals surface area contributed by atoms with Gasteiger partial charge in [0.15, 0.2) is 0 Å². The van der Waals surface area contributed by atoms with Gasteiger partial charge in [-0.15, -0.1) is 0 Å². The van der Waals surface area contributed by atoms with Gasteiger partial charge in [-0.1, -0.05) is 0 Å². The van der Waals surface area contributed by atoms with Crippen molar-refractivity contribution in [1.29, 1.82) is 0 Å². The number of alkyl halides is 3. The van der Waals surface area contributed by atoms with Crippen LogP contribution in [0.5, 0.6) is 5.75 Å². The Morgan fingerprint density at radius 3 is 2.47 bits per heavy atom. The monoisotopic (exact) mass is 507 g/mol. The van der Waals surface area contributed by atoms with Crippen LogP contribution in [0.15, 0.2) is 42.6 Å². The molecule has 2 atom stereocenters. The molecule has 0 spiro atoms. The SMILES string of the molecule is Cn1ccc(C(=O)NC[C@](O)(c2cc3c(c(-c4ccc(F)cc4)n2)OC[C@]3(C)C(N)=O)C(F)(F)F)n1. The summed E-state index contributed by atoms with van der Waals surface area (Å²) in [7, 11) is 1.52. The number of hydrogen-bond acceptors (Lipinski definition) is 6. The Balaban J connectivity index is 1.86. The Morgan fingerprint density at radius 2 is 1.92 bits per heavy atom. The molecule has 1 aliphatic heterocycles. The maximum Gasteiger partial charge on any atom is 0.424 e. The van der Waals surface area contributed by atoms with E-state index in [1.165, 1.54) is 43.0 Å². The number of nitrogens with zero attached hydrogens (tertiary/aromatic N) is 3. The zero-order chi connectivity index (χ0) is 26.5. The molecule has 0 fully saturated rings. The van der Waals surface area contributed by atoms with Crippen LogP contribution in [0.2, 0.25) is 0 Å². The molecule has 3 aromatic rings. The average molecular weight is 507 g/mol. The molecule has 0 saturated carbocycles. The zero-order valence-electron chi connectivity index (χ0n) is 19.1. The Hall–Kier alpha value is -4.00. The van der Waals surface area contributed by atoms with Crippen LogP contribution < -0.4 is 15.8 Å². The summed E-state index contributed by atoms with van der Waals surface area (Å²) < 4.78 is 63.3. The van der Waals surface area contributed by atoms with Gasteiger partial charge < -0.3 is 20.9 Å². The van der Waals surface area contributed by atoms with Gasteiger partial charge in [-0.25, -0.2) is 9.37 Å². The molecule has 4 N–H and O–H groups in total. The lowest BCUT2D eigenvalue weighted by Crippen LogP contribution is -2.52. The number of fused-ring (bicyclic) bond motifs is 1. The summed E-state index contributed by atoms with van der Waals surface area (Å²) in [6, 6.07) is 6.85. The summed E-state index contributed by atoms with van der Waals surface area (Å²) >= 11 is 0. The normalized spacial score (nSPS) is 18.8. The highest BCUT2D eigenvalue weighted by atomic mass is 19.4. The maximum absolute atomic E-state index is 14.3. The highest BCUT2D eigenvalue weighted by Gasteiger charge is 2.57. The number of halogens is 4. The predicted octanol–water partition coefficient (Wildman–Crippen LogP) is 1.94. The number of primary amides is 1. The van der Waals surface area contributed by atoms with Gasteiger partial charge in [0, 0.05) is 24.4 Å². The van der Waals surface area contributed by atoms with Crippen molar-refractivity contribution in [3.63, 3.8) is 0 Å². The highest BCUT2D eigenvalue weighted by Crippen LogP contribution is 2.47. The Bertz CT molecular complexity index is 1340. The van der Waals surface area contributed by atoms with Gasteiger partial charge in [-0.05, 0) is 43.3 Å². The summed E-state index contributed by atoms with van der Waals surface area (Å²) in [6.45, 7) is -0.207. The first-order chi connectivity index (χ1) is 16.8. The molecule has 1 aliphatic rings. The van der Waals surface area contributed by atoms with Crippen molar-refractivity contribution in [3.8, 4) is 17.0 Å². The Morgan fingerprint density at radius 1 is 1.25 bits per heavy atom. The summed E-state index contributed by atoms with van der Waals surface area (Å²) in [5, 5.41) is 16.8. The number of aromatic nitrogens is 3. The second kappa shape index (κ2) is 8.59. The van der Waals surface area contributed by atoms with Crippen LogP contribution in [0.1, 0.15) is 28.7 Å². The van der Waals surface area contributed by atoms with E-state index in [2.05, 4.69) is 10.1 Å². The van der Waals surface area contributed by atoms with E-state index in [-0.39, 0.29) is 34.9 Å². The number of nitrogens with two attached hydrogens (primary N) is 1. The van der Waals surface area contributed by atoms with Crippen LogP contribution in [0.4, 0.5) is 17.6 Å². The van der Waals surface area contributed by atoms with E-state index in [4.69, 9.17) is 10.5 Å². The smallest absolute Gasteiger partial charge is 0.424 e. The first-order valence-corrected chi connectivity index (χ1v) is 10.6. The average Bonchev–Trinajstić information content (AvgIpc) is 3.41. The summed E-state index contributed by atoms with van der Waals surface area (Å²) in [6.07, 6.45) is -3.89. The summed E-state index contributed by atoms with van der Waals surface area (Å²) in [5.41, 5.74) is -0.779. The molecule has 9 nitrogen and oxygen atoms in total. The van der Waals surface area contributed by atoms with E-state index in [1.54, 1.807) is 0 Å². The standard InChI is InChI=1S/C23H21F4N5O4/c1-21(20(28)34)11-36-18-14(21)9-16(30-17(18)12-3-5-13(24)6-4-12)22(35,23(25,26)27)10-29-19(33)15-7-8-32(2)31-15/h3-9,35H,10-11H2,1-2H3,(H2,28,34)(H,29,33)/t21-,22-/m0/s1. The number of carbonyl (C=O) groups is 2. The zero-order valence-corrected chi connectivity index (χ0v) is 19.1. The number of aliphatic hydroxyl groups is 1. The topological polar surface area (TPSA) is 132 Å². The quantitative estimate of drug-likeness (QED) is 0.437. The minimum absolute atomic E-state index is 0.0197. The molecule has 0 radical (unpaired) electrons. The second-order valence-corrected chi connectivity index (χ2v) is 8.64. The van der Waals surface area contributed by atoms with Gasteiger partial charge in [0.2, 0.25) is 11.5 Å². The van der Waals surface area contributed by atoms with Crippen molar-refractivity contribution < 1.29 is 37.0 Å². The van der Waals surface area contributed by atoms with Crippen molar-refractivity contribution in [2.75, 3.05) is 13.2 Å². The van der Waals surface area contributed by atoms with Gasteiger partial charge in [0.1, 0.15) is 35.0 Å². The van der Waals surface area contributed by atoms with Crippen molar-refractivity contribution in [2.45, 2.75) is 24.1 Å². The lowest BCUT2D eigenvalue weighted by Gasteiger charge is -2.31. The second-order valence-electron chi connectivity index (χ2n) is 8.64. The third-order valence-electron chi connectivity index (χ3n) is 6.08. The molecule has 190 valence electrons. The molecule has 4 rings (SSSR count). The summed E-state index contributed by atoms with van der Waals surface area (Å²) in [5.74, 6) is -2.45. The Labute approximate surface area is 201 Å². The highest BCUT2D eigenvalue weighted by molar-refractivity contribution is 5.92. The van der Waals surface area contributed by atoms with E-state index in [1.807, 2.05) is 5.32 Å². The minimum atomic E-state index is -5.31. The van der Waals surface area contributed by atoms with Gasteiger partial charge in [0.25, 0.3) is 5.91 Å². The fourth-order valence-electron chi connectivity index (χ4n) is 3.77. The van der Waals surface area contributed by atoms with Crippen LogP contribution in [0.3, 0.4) is 0 Å². The molecule has 0 saturated heterocycles. The van der Waals surface area contributed by atoms with E-state index in [0.717, 1.165) is 18.2 Å². The molecule has 0 aliphatic carbocycles.